The van der Waals surface area contributed by atoms with E-state index in [0.717, 1.165) is 88.8 Å². The maximum absolute atomic E-state index is 6.83. The van der Waals surface area contributed by atoms with Gasteiger partial charge in [-0.1, -0.05) is 158 Å². The predicted octanol–water partition coefficient (Wildman–Crippen LogP) is 15.0. The highest BCUT2D eigenvalue weighted by Gasteiger charge is 2.23. The summed E-state index contributed by atoms with van der Waals surface area (Å²) in [4.78, 5) is 17.5. The van der Waals surface area contributed by atoms with Crippen molar-refractivity contribution in [2.75, 3.05) is 4.90 Å². The molecule has 0 fully saturated rings. The van der Waals surface area contributed by atoms with E-state index in [2.05, 4.69) is 132 Å². The molecule has 61 heavy (non-hydrogen) atoms. The second-order valence-corrected chi connectivity index (χ2v) is 15.2. The molecule has 9 aromatic carbocycles. The molecule has 0 saturated heterocycles. The number of benzene rings is 9. The molecule has 0 saturated carbocycles. The van der Waals surface area contributed by atoms with Crippen molar-refractivity contribution in [2.45, 2.75) is 0 Å². The molecule has 0 spiro atoms. The van der Waals surface area contributed by atoms with Crippen molar-refractivity contribution in [1.82, 2.24) is 15.0 Å². The number of rotatable bonds is 7. The first-order valence-electron chi connectivity index (χ1n) is 20.3. The number of hydrogen-bond donors (Lipinski definition) is 0. The van der Waals surface area contributed by atoms with Gasteiger partial charge in [0, 0.05) is 44.0 Å². The van der Waals surface area contributed by atoms with E-state index in [1.54, 1.807) is 0 Å². The molecule has 3 aromatic heterocycles. The summed E-state index contributed by atoms with van der Waals surface area (Å²) in [5, 5.41) is 6.55. The molecule has 286 valence electrons. The van der Waals surface area contributed by atoms with Gasteiger partial charge in [-0.25, -0.2) is 15.0 Å². The van der Waals surface area contributed by atoms with Gasteiger partial charge in [0.2, 0.25) is 0 Å². The largest absolute Gasteiger partial charge is 0.455 e. The molecule has 12 rings (SSSR count). The molecule has 0 amide bonds. The van der Waals surface area contributed by atoms with Crippen LogP contribution in [-0.4, -0.2) is 15.0 Å². The lowest BCUT2D eigenvalue weighted by Gasteiger charge is -2.26. The second-order valence-electron chi connectivity index (χ2n) is 15.2. The monoisotopic (exact) mass is 782 g/mol. The first kappa shape index (κ1) is 34.7. The standard InChI is InChI=1S/C55H34N4O2/c1-3-15-37(16-4-1)53-56-54(58-55(57-53)46-23-13-22-44-43-20-9-11-24-48(43)60-51(44)46)38-28-26-36(27-29-38)42-32-33-47(52-50(42)45-21-10-12-25-49(45)61-52)59(40-18-5-2-6-19-40)41-31-30-35-14-7-8-17-39(35)34-41/h1-34H. The number of fused-ring (bicyclic) bond motifs is 7. The minimum absolute atomic E-state index is 0.550. The van der Waals surface area contributed by atoms with Gasteiger partial charge in [-0.3, -0.25) is 0 Å². The second kappa shape index (κ2) is 14.2. The molecule has 3 heterocycles. The van der Waals surface area contributed by atoms with E-state index in [0.29, 0.717) is 17.5 Å². The lowest BCUT2D eigenvalue weighted by Crippen LogP contribution is -2.10. The van der Waals surface area contributed by atoms with Crippen molar-refractivity contribution in [3.05, 3.63) is 206 Å². The number of para-hydroxylation sites is 4. The molecule has 0 unspecified atom stereocenters. The highest BCUT2D eigenvalue weighted by Crippen LogP contribution is 2.46. The molecule has 0 aliphatic carbocycles. The Morgan fingerprint density at radius 3 is 1.72 bits per heavy atom. The Kier molecular flexibility index (Phi) is 8.06. The van der Waals surface area contributed by atoms with E-state index in [1.807, 2.05) is 78.9 Å². The van der Waals surface area contributed by atoms with Crippen molar-refractivity contribution in [2.24, 2.45) is 0 Å². The topological polar surface area (TPSA) is 68.2 Å². The third kappa shape index (κ3) is 5.92. The highest BCUT2D eigenvalue weighted by molar-refractivity contribution is 6.17. The quantitative estimate of drug-likeness (QED) is 0.160. The van der Waals surface area contributed by atoms with Gasteiger partial charge >= 0.3 is 0 Å². The van der Waals surface area contributed by atoms with E-state index < -0.39 is 0 Å². The van der Waals surface area contributed by atoms with E-state index in [1.165, 1.54) is 10.8 Å². The van der Waals surface area contributed by atoms with Crippen LogP contribution in [0.4, 0.5) is 17.1 Å². The average molecular weight is 783 g/mol. The molecule has 6 heteroatoms. The maximum atomic E-state index is 6.83. The number of aromatic nitrogens is 3. The fourth-order valence-corrected chi connectivity index (χ4v) is 8.62. The molecule has 0 N–H and O–H groups in total. The minimum Gasteiger partial charge on any atom is -0.455 e. The molecule has 12 aromatic rings. The summed E-state index contributed by atoms with van der Waals surface area (Å²) in [6.45, 7) is 0. The maximum Gasteiger partial charge on any atom is 0.167 e. The fraction of sp³-hybridized carbons (Fsp3) is 0. The van der Waals surface area contributed by atoms with Crippen LogP contribution in [0.1, 0.15) is 0 Å². The summed E-state index contributed by atoms with van der Waals surface area (Å²) in [6.07, 6.45) is 0. The molecule has 0 radical (unpaired) electrons. The summed E-state index contributed by atoms with van der Waals surface area (Å²) in [5.41, 5.74) is 11.0. The highest BCUT2D eigenvalue weighted by atomic mass is 16.3. The van der Waals surface area contributed by atoms with Crippen LogP contribution in [0.25, 0.3) is 99.9 Å². The smallest absolute Gasteiger partial charge is 0.167 e. The zero-order valence-electron chi connectivity index (χ0n) is 32.7. The molecule has 6 nitrogen and oxygen atoms in total. The number of furan rings is 2. The van der Waals surface area contributed by atoms with Gasteiger partial charge in [-0.15, -0.1) is 0 Å². The minimum atomic E-state index is 0.550. The number of anilines is 3. The summed E-state index contributed by atoms with van der Waals surface area (Å²) < 4.78 is 13.3. The van der Waals surface area contributed by atoms with E-state index in [-0.39, 0.29) is 0 Å². The van der Waals surface area contributed by atoms with Crippen LogP contribution in [0.15, 0.2) is 215 Å². The lowest BCUT2D eigenvalue weighted by atomic mass is 9.97. The van der Waals surface area contributed by atoms with Gasteiger partial charge < -0.3 is 13.7 Å². The zero-order chi connectivity index (χ0) is 40.3. The normalized spacial score (nSPS) is 11.6. The van der Waals surface area contributed by atoms with Crippen LogP contribution >= 0.6 is 0 Å². The Balaban J connectivity index is 1.00. The number of hydrogen-bond acceptors (Lipinski definition) is 6. The first-order valence-corrected chi connectivity index (χ1v) is 20.3. The Morgan fingerprint density at radius 2 is 0.934 bits per heavy atom. The van der Waals surface area contributed by atoms with E-state index in [9.17, 15) is 0 Å². The Hall–Kier alpha value is -8.35. The van der Waals surface area contributed by atoms with Crippen LogP contribution in [0.2, 0.25) is 0 Å². The van der Waals surface area contributed by atoms with Gasteiger partial charge in [0.25, 0.3) is 0 Å². The van der Waals surface area contributed by atoms with Gasteiger partial charge in [-0.2, -0.15) is 0 Å². The van der Waals surface area contributed by atoms with Crippen LogP contribution in [0.3, 0.4) is 0 Å². The van der Waals surface area contributed by atoms with Crippen LogP contribution in [0, 0.1) is 0 Å². The van der Waals surface area contributed by atoms with E-state index >= 15 is 0 Å². The SMILES string of the molecule is c1ccc(-c2nc(-c3ccc(-c4ccc(N(c5ccccc5)c5ccc6ccccc6c5)c5oc6ccccc6c45)cc3)nc(-c3cccc4c3oc3ccccc34)n2)cc1. The average Bonchev–Trinajstić information content (AvgIpc) is 3.92. The first-order chi connectivity index (χ1) is 30.2. The Bertz CT molecular complexity index is 3590. The van der Waals surface area contributed by atoms with Crippen molar-refractivity contribution >= 4 is 71.7 Å². The zero-order valence-corrected chi connectivity index (χ0v) is 32.7. The van der Waals surface area contributed by atoms with Gasteiger partial charge in [0.1, 0.15) is 16.7 Å². The van der Waals surface area contributed by atoms with Crippen molar-refractivity contribution in [3.8, 4) is 45.3 Å². The summed E-state index contributed by atoms with van der Waals surface area (Å²) >= 11 is 0. The molecule has 0 aliphatic rings. The third-order valence-corrected chi connectivity index (χ3v) is 11.5. The molecule has 0 atom stereocenters. The van der Waals surface area contributed by atoms with Gasteiger partial charge in [-0.05, 0) is 70.4 Å². The predicted molar refractivity (Wildman–Crippen MR) is 248 cm³/mol. The summed E-state index contributed by atoms with van der Waals surface area (Å²) in [7, 11) is 0. The van der Waals surface area contributed by atoms with E-state index in [4.69, 9.17) is 23.8 Å². The lowest BCUT2D eigenvalue weighted by molar-refractivity contribution is 0.669. The Labute approximate surface area is 350 Å². The van der Waals surface area contributed by atoms with Crippen molar-refractivity contribution < 1.29 is 8.83 Å². The Morgan fingerprint density at radius 1 is 0.344 bits per heavy atom. The van der Waals surface area contributed by atoms with Gasteiger partial charge in [0.15, 0.2) is 23.1 Å². The van der Waals surface area contributed by atoms with Crippen molar-refractivity contribution in [1.29, 1.82) is 0 Å². The van der Waals surface area contributed by atoms with Crippen LogP contribution < -0.4 is 4.90 Å². The summed E-state index contributed by atoms with van der Waals surface area (Å²) in [5.74, 6) is 1.72. The fourth-order valence-electron chi connectivity index (χ4n) is 8.62. The van der Waals surface area contributed by atoms with Gasteiger partial charge in [0.05, 0.1) is 11.3 Å². The molecule has 0 aliphatic heterocycles. The summed E-state index contributed by atoms with van der Waals surface area (Å²) in [6, 6.07) is 71.0. The number of nitrogens with zero attached hydrogens (tertiary/aromatic N) is 4. The molecular formula is C55H34N4O2. The van der Waals surface area contributed by atoms with Crippen molar-refractivity contribution in [3.63, 3.8) is 0 Å². The molecular weight excluding hydrogens is 749 g/mol. The van der Waals surface area contributed by atoms with Crippen LogP contribution in [-0.2, 0) is 0 Å². The third-order valence-electron chi connectivity index (χ3n) is 11.5. The van der Waals surface area contributed by atoms with Crippen LogP contribution in [0.5, 0.6) is 0 Å². The molecule has 0 bridgehead atoms.